The molecule has 0 unspecified atom stereocenters. The molecule has 2 aromatic rings. The van der Waals surface area contributed by atoms with Crippen LogP contribution in [-0.4, -0.2) is 12.0 Å². The molecule has 134 valence electrons. The van der Waals surface area contributed by atoms with E-state index in [0.717, 1.165) is 16.9 Å². The zero-order valence-electron chi connectivity index (χ0n) is 16.1. The molecule has 0 aliphatic heterocycles. The Hall–Kier alpha value is -2.29. The smallest absolute Gasteiger partial charge is 0.261 e. The van der Waals surface area contributed by atoms with Crippen molar-refractivity contribution in [3.8, 4) is 5.75 Å². The number of rotatable bonds is 6. The van der Waals surface area contributed by atoms with E-state index in [1.165, 1.54) is 16.7 Å². The molecule has 0 aromatic heterocycles. The summed E-state index contributed by atoms with van der Waals surface area (Å²) < 4.78 is 5.94. The van der Waals surface area contributed by atoms with Gasteiger partial charge < -0.3 is 10.1 Å². The first-order valence-corrected chi connectivity index (χ1v) is 8.93. The lowest BCUT2D eigenvalue weighted by Crippen LogP contribution is -2.39. The number of nitrogens with one attached hydrogen (secondary N) is 1. The molecule has 25 heavy (non-hydrogen) atoms. The molecule has 0 fully saturated rings. The number of amides is 1. The highest BCUT2D eigenvalue weighted by atomic mass is 16.5. The van der Waals surface area contributed by atoms with Gasteiger partial charge in [0.15, 0.2) is 6.10 Å². The molecular weight excluding hydrogens is 310 g/mol. The van der Waals surface area contributed by atoms with Crippen LogP contribution in [0.5, 0.6) is 5.75 Å². The van der Waals surface area contributed by atoms with Crippen molar-refractivity contribution in [3.05, 3.63) is 64.2 Å². The third-order valence-electron chi connectivity index (χ3n) is 4.67. The Bertz CT molecular complexity index is 752. The molecule has 0 heterocycles. The van der Waals surface area contributed by atoms with Gasteiger partial charge in [0.25, 0.3) is 5.91 Å². The van der Waals surface area contributed by atoms with Gasteiger partial charge in [0.05, 0.1) is 6.04 Å². The molecule has 2 atom stereocenters. The maximum Gasteiger partial charge on any atom is 0.261 e. The van der Waals surface area contributed by atoms with Crippen molar-refractivity contribution in [2.45, 2.75) is 60.1 Å². The Morgan fingerprint density at radius 3 is 2.32 bits per heavy atom. The van der Waals surface area contributed by atoms with E-state index in [9.17, 15) is 4.79 Å². The van der Waals surface area contributed by atoms with E-state index in [4.69, 9.17) is 4.74 Å². The maximum atomic E-state index is 12.7. The molecule has 1 amide bonds. The van der Waals surface area contributed by atoms with Crippen LogP contribution in [-0.2, 0) is 4.79 Å². The van der Waals surface area contributed by atoms with E-state index in [1.807, 2.05) is 39.0 Å². The summed E-state index contributed by atoms with van der Waals surface area (Å²) in [7, 11) is 0. The Morgan fingerprint density at radius 1 is 1.00 bits per heavy atom. The summed E-state index contributed by atoms with van der Waals surface area (Å²) in [5, 5.41) is 3.09. The van der Waals surface area contributed by atoms with Gasteiger partial charge in [-0.15, -0.1) is 0 Å². The molecule has 0 spiro atoms. The number of carbonyl (C=O) groups is 1. The highest BCUT2D eigenvalue weighted by molar-refractivity contribution is 5.81. The number of aryl methyl sites for hydroxylation is 4. The minimum Gasteiger partial charge on any atom is -0.481 e. The number of hydrogen-bond donors (Lipinski definition) is 1. The normalized spacial score (nSPS) is 13.2. The van der Waals surface area contributed by atoms with Crippen LogP contribution in [0.4, 0.5) is 0 Å². The van der Waals surface area contributed by atoms with Crippen molar-refractivity contribution < 1.29 is 9.53 Å². The van der Waals surface area contributed by atoms with E-state index in [2.05, 4.69) is 44.3 Å². The highest BCUT2D eigenvalue weighted by Crippen LogP contribution is 2.21. The molecule has 2 rings (SSSR count). The van der Waals surface area contributed by atoms with Gasteiger partial charge in [-0.2, -0.15) is 0 Å². The Labute approximate surface area is 151 Å². The number of carbonyl (C=O) groups excluding carboxylic acids is 1. The monoisotopic (exact) mass is 339 g/mol. The lowest BCUT2D eigenvalue weighted by atomic mass is 10.00. The van der Waals surface area contributed by atoms with E-state index in [0.29, 0.717) is 6.42 Å². The van der Waals surface area contributed by atoms with Gasteiger partial charge in [0.2, 0.25) is 0 Å². The minimum atomic E-state index is -0.490. The second-order valence-electron chi connectivity index (χ2n) is 6.85. The first kappa shape index (κ1) is 19.0. The summed E-state index contributed by atoms with van der Waals surface area (Å²) in [6.45, 7) is 12.2. The van der Waals surface area contributed by atoms with Gasteiger partial charge in [0, 0.05) is 0 Å². The van der Waals surface area contributed by atoms with Crippen molar-refractivity contribution in [3.63, 3.8) is 0 Å². The summed E-state index contributed by atoms with van der Waals surface area (Å²) in [6, 6.07) is 12.2. The van der Waals surface area contributed by atoms with Gasteiger partial charge in [0.1, 0.15) is 5.75 Å². The van der Waals surface area contributed by atoms with E-state index < -0.39 is 6.10 Å². The first-order valence-electron chi connectivity index (χ1n) is 8.93. The van der Waals surface area contributed by atoms with Crippen molar-refractivity contribution >= 4 is 5.91 Å². The fourth-order valence-electron chi connectivity index (χ4n) is 2.97. The van der Waals surface area contributed by atoms with Crippen LogP contribution in [0.1, 0.15) is 54.1 Å². The quantitative estimate of drug-likeness (QED) is 0.808. The van der Waals surface area contributed by atoms with E-state index >= 15 is 0 Å². The molecule has 0 aliphatic rings. The second-order valence-corrected chi connectivity index (χ2v) is 6.85. The predicted octanol–water partition coefficient (Wildman–Crippen LogP) is 4.96. The van der Waals surface area contributed by atoms with Crippen molar-refractivity contribution in [1.82, 2.24) is 5.32 Å². The van der Waals surface area contributed by atoms with E-state index in [-0.39, 0.29) is 11.9 Å². The average Bonchev–Trinajstić information content (AvgIpc) is 2.55. The van der Waals surface area contributed by atoms with Crippen LogP contribution in [0.2, 0.25) is 0 Å². The molecule has 0 bridgehead atoms. The van der Waals surface area contributed by atoms with Crippen LogP contribution in [0.3, 0.4) is 0 Å². The third kappa shape index (κ3) is 4.85. The number of benzene rings is 2. The average molecular weight is 339 g/mol. The van der Waals surface area contributed by atoms with Gasteiger partial charge in [-0.1, -0.05) is 36.8 Å². The van der Waals surface area contributed by atoms with Crippen molar-refractivity contribution in [2.75, 3.05) is 0 Å². The molecule has 3 heteroatoms. The van der Waals surface area contributed by atoms with Gasteiger partial charge >= 0.3 is 0 Å². The third-order valence-corrected chi connectivity index (χ3v) is 4.67. The SMILES string of the molecule is CC[C@H](Oc1ccc(C)c(C)c1)C(=O)N[C@H](C)c1ccc(C)cc1C. The van der Waals surface area contributed by atoms with Gasteiger partial charge in [-0.05, 0) is 75.4 Å². The predicted molar refractivity (Wildman–Crippen MR) is 103 cm³/mol. The fourth-order valence-corrected chi connectivity index (χ4v) is 2.97. The Kier molecular flexibility index (Phi) is 6.24. The van der Waals surface area contributed by atoms with Gasteiger partial charge in [-0.3, -0.25) is 4.79 Å². The van der Waals surface area contributed by atoms with Crippen molar-refractivity contribution in [1.29, 1.82) is 0 Å². The Morgan fingerprint density at radius 2 is 1.72 bits per heavy atom. The van der Waals surface area contributed by atoms with Crippen LogP contribution in [0, 0.1) is 27.7 Å². The first-order chi connectivity index (χ1) is 11.8. The molecule has 2 aromatic carbocycles. The maximum absolute atomic E-state index is 12.7. The Balaban J connectivity index is 2.07. The molecule has 0 aliphatic carbocycles. The lowest BCUT2D eigenvalue weighted by Gasteiger charge is -2.22. The lowest BCUT2D eigenvalue weighted by molar-refractivity contribution is -0.128. The zero-order chi connectivity index (χ0) is 18.6. The second kappa shape index (κ2) is 8.19. The molecular formula is C22H29NO2. The summed E-state index contributed by atoms with van der Waals surface area (Å²) in [5.74, 6) is 0.664. The summed E-state index contributed by atoms with van der Waals surface area (Å²) in [6.07, 6.45) is 0.133. The molecule has 3 nitrogen and oxygen atoms in total. The van der Waals surface area contributed by atoms with Crippen molar-refractivity contribution in [2.24, 2.45) is 0 Å². The summed E-state index contributed by atoms with van der Waals surface area (Å²) in [5.41, 5.74) is 5.94. The zero-order valence-corrected chi connectivity index (χ0v) is 16.1. The van der Waals surface area contributed by atoms with Crippen LogP contribution in [0.15, 0.2) is 36.4 Å². The molecule has 0 saturated heterocycles. The van der Waals surface area contributed by atoms with E-state index in [1.54, 1.807) is 0 Å². The van der Waals surface area contributed by atoms with Crippen LogP contribution >= 0.6 is 0 Å². The number of hydrogen-bond acceptors (Lipinski definition) is 2. The van der Waals surface area contributed by atoms with Gasteiger partial charge in [-0.25, -0.2) is 0 Å². The fraction of sp³-hybridized carbons (Fsp3) is 0.409. The molecule has 1 N–H and O–H groups in total. The molecule has 0 radical (unpaired) electrons. The minimum absolute atomic E-state index is 0.0505. The highest BCUT2D eigenvalue weighted by Gasteiger charge is 2.21. The standard InChI is InChI=1S/C22H29NO2/c1-7-21(25-19-10-9-15(3)16(4)13-19)22(24)23-18(6)20-11-8-14(2)12-17(20)5/h8-13,18,21H,7H2,1-6H3,(H,23,24)/t18-,21+/m1/s1. The summed E-state index contributed by atoms with van der Waals surface area (Å²) in [4.78, 5) is 12.7. The number of ether oxygens (including phenoxy) is 1. The molecule has 0 saturated carbocycles. The summed E-state index contributed by atoms with van der Waals surface area (Å²) >= 11 is 0. The van der Waals surface area contributed by atoms with Crippen LogP contribution in [0.25, 0.3) is 0 Å². The topological polar surface area (TPSA) is 38.3 Å². The van der Waals surface area contributed by atoms with Crippen LogP contribution < -0.4 is 10.1 Å². The largest absolute Gasteiger partial charge is 0.481 e.